The predicted octanol–water partition coefficient (Wildman–Crippen LogP) is 5.43. The van der Waals surface area contributed by atoms with Gasteiger partial charge in [0.2, 0.25) is 0 Å². The van der Waals surface area contributed by atoms with Gasteiger partial charge in [-0.3, -0.25) is 4.79 Å². The molecule has 0 rings (SSSR count). The number of hydrogen-bond acceptors (Lipinski definition) is 3. The van der Waals surface area contributed by atoms with Gasteiger partial charge in [0.05, 0.1) is 12.2 Å². The van der Waals surface area contributed by atoms with E-state index in [4.69, 9.17) is 9.47 Å². The summed E-state index contributed by atoms with van der Waals surface area (Å²) in [6, 6.07) is 0. The van der Waals surface area contributed by atoms with Crippen molar-refractivity contribution in [2.24, 2.45) is 0 Å². The van der Waals surface area contributed by atoms with Crippen LogP contribution in [0.5, 0.6) is 0 Å². The maximum atomic E-state index is 11.9. The first-order chi connectivity index (χ1) is 10.2. The molecule has 0 amide bonds. The van der Waals surface area contributed by atoms with E-state index in [1.54, 1.807) is 0 Å². The molecule has 0 aliphatic rings. The smallest absolute Gasteiger partial charge is 0.306 e. The highest BCUT2D eigenvalue weighted by molar-refractivity contribution is 5.69. The molecular formula is C19H36O3. The zero-order valence-corrected chi connectivity index (χ0v) is 15.4. The van der Waals surface area contributed by atoms with Crippen molar-refractivity contribution in [3.05, 3.63) is 12.7 Å². The number of carbonyl (C=O) groups is 1. The number of ether oxygens (including phenoxy) is 2. The Kier molecular flexibility index (Phi) is 10.4. The van der Waals surface area contributed by atoms with Crippen LogP contribution in [0.2, 0.25) is 0 Å². The molecule has 3 heteroatoms. The Hall–Kier alpha value is -0.830. The van der Waals surface area contributed by atoms with Crippen molar-refractivity contribution >= 4 is 5.97 Å². The van der Waals surface area contributed by atoms with Gasteiger partial charge in [0.15, 0.2) is 0 Å². The molecule has 0 aromatic heterocycles. The highest BCUT2D eigenvalue weighted by Crippen LogP contribution is 2.18. The Morgan fingerprint density at radius 1 is 1.00 bits per heavy atom. The lowest BCUT2D eigenvalue weighted by atomic mass is 10.1. The summed E-state index contributed by atoms with van der Waals surface area (Å²) in [4.78, 5) is 11.9. The highest BCUT2D eigenvalue weighted by Gasteiger charge is 2.23. The molecule has 0 radical (unpaired) electrons. The number of unbranched alkanes of at least 4 members (excludes halogenated alkanes) is 5. The molecule has 22 heavy (non-hydrogen) atoms. The zero-order valence-electron chi connectivity index (χ0n) is 15.4. The minimum Gasteiger partial charge on any atom is -0.460 e. The Morgan fingerprint density at radius 2 is 1.59 bits per heavy atom. The Morgan fingerprint density at radius 3 is 2.18 bits per heavy atom. The Labute approximate surface area is 137 Å². The summed E-state index contributed by atoms with van der Waals surface area (Å²) in [5.74, 6) is -0.0909. The normalized spacial score (nSPS) is 12.2. The molecule has 0 saturated carbocycles. The van der Waals surface area contributed by atoms with Crippen molar-refractivity contribution in [2.45, 2.75) is 97.2 Å². The molecule has 0 N–H and O–H groups in total. The van der Waals surface area contributed by atoms with Gasteiger partial charge in [-0.25, -0.2) is 0 Å². The maximum absolute atomic E-state index is 11.9. The molecule has 0 bridgehead atoms. The van der Waals surface area contributed by atoms with Crippen LogP contribution in [0.15, 0.2) is 12.7 Å². The quantitative estimate of drug-likeness (QED) is 0.274. The fraction of sp³-hybridized carbons (Fsp3) is 0.842. The number of hydrogen-bond donors (Lipinski definition) is 0. The lowest BCUT2D eigenvalue weighted by molar-refractivity contribution is -0.159. The van der Waals surface area contributed by atoms with Gasteiger partial charge in [-0.2, -0.15) is 0 Å². The summed E-state index contributed by atoms with van der Waals surface area (Å²) in [5, 5.41) is 0. The van der Waals surface area contributed by atoms with Crippen molar-refractivity contribution in [2.75, 3.05) is 6.61 Å². The molecule has 0 aliphatic carbocycles. The number of allylic oxidation sites excluding steroid dienone is 1. The second-order valence-corrected chi connectivity index (χ2v) is 7.54. The summed E-state index contributed by atoms with van der Waals surface area (Å²) in [6.45, 7) is 14.3. The van der Waals surface area contributed by atoms with Gasteiger partial charge in [-0.05, 0) is 53.9 Å². The predicted molar refractivity (Wildman–Crippen MR) is 93.0 cm³/mol. The number of esters is 1. The fourth-order valence-corrected chi connectivity index (χ4v) is 2.10. The molecule has 3 nitrogen and oxygen atoms in total. The van der Waals surface area contributed by atoms with Crippen LogP contribution in [0.1, 0.15) is 86.0 Å². The van der Waals surface area contributed by atoms with Crippen molar-refractivity contribution in [3.8, 4) is 0 Å². The second kappa shape index (κ2) is 10.8. The summed E-state index contributed by atoms with van der Waals surface area (Å²) in [6.07, 6.45) is 9.91. The molecule has 0 aliphatic heterocycles. The van der Waals surface area contributed by atoms with E-state index in [2.05, 4.69) is 6.58 Å². The van der Waals surface area contributed by atoms with Crippen LogP contribution in [0, 0.1) is 0 Å². The van der Waals surface area contributed by atoms with Crippen LogP contribution in [0.25, 0.3) is 0 Å². The number of rotatable bonds is 12. The van der Waals surface area contributed by atoms with Crippen LogP contribution < -0.4 is 0 Å². The third kappa shape index (κ3) is 14.1. The van der Waals surface area contributed by atoms with E-state index >= 15 is 0 Å². The van der Waals surface area contributed by atoms with E-state index < -0.39 is 5.60 Å². The van der Waals surface area contributed by atoms with Crippen LogP contribution >= 0.6 is 0 Å². The molecule has 0 aromatic rings. The summed E-state index contributed by atoms with van der Waals surface area (Å²) in [5.41, 5.74) is -0.599. The summed E-state index contributed by atoms with van der Waals surface area (Å²) < 4.78 is 11.3. The summed E-state index contributed by atoms with van der Waals surface area (Å²) in [7, 11) is 0. The molecule has 0 heterocycles. The zero-order chi connectivity index (χ0) is 17.1. The lowest BCUT2D eigenvalue weighted by Gasteiger charge is -2.27. The van der Waals surface area contributed by atoms with Gasteiger partial charge in [-0.1, -0.05) is 25.3 Å². The van der Waals surface area contributed by atoms with Gasteiger partial charge in [0.25, 0.3) is 0 Å². The minimum atomic E-state index is -0.452. The van der Waals surface area contributed by atoms with Crippen molar-refractivity contribution < 1.29 is 14.3 Å². The molecule has 0 unspecified atom stereocenters. The monoisotopic (exact) mass is 312 g/mol. The third-order valence-corrected chi connectivity index (χ3v) is 3.42. The van der Waals surface area contributed by atoms with Crippen LogP contribution in [-0.4, -0.2) is 23.8 Å². The second-order valence-electron chi connectivity index (χ2n) is 7.54. The average Bonchev–Trinajstić information content (AvgIpc) is 2.35. The topological polar surface area (TPSA) is 35.5 Å². The molecule has 0 spiro atoms. The first-order valence-electron chi connectivity index (χ1n) is 8.63. The first-order valence-corrected chi connectivity index (χ1v) is 8.63. The molecular weight excluding hydrogens is 276 g/mol. The highest BCUT2D eigenvalue weighted by atomic mass is 16.6. The summed E-state index contributed by atoms with van der Waals surface area (Å²) >= 11 is 0. The molecule has 130 valence electrons. The van der Waals surface area contributed by atoms with Crippen LogP contribution in [-0.2, 0) is 14.3 Å². The van der Waals surface area contributed by atoms with E-state index in [1.165, 1.54) is 19.3 Å². The maximum Gasteiger partial charge on any atom is 0.306 e. The van der Waals surface area contributed by atoms with E-state index in [-0.39, 0.29) is 11.6 Å². The van der Waals surface area contributed by atoms with Crippen molar-refractivity contribution in [3.63, 3.8) is 0 Å². The standard InChI is InChI=1S/C19H36O3/c1-7-8-9-10-11-12-13-14-17(20)22-19(5,6)15-16-21-18(2,3)4/h7H,1,8-16H2,2-6H3. The van der Waals surface area contributed by atoms with Gasteiger partial charge >= 0.3 is 5.97 Å². The van der Waals surface area contributed by atoms with Gasteiger partial charge in [-0.15, -0.1) is 6.58 Å². The first kappa shape index (κ1) is 21.2. The van der Waals surface area contributed by atoms with Gasteiger partial charge in [0.1, 0.15) is 5.60 Å². The lowest BCUT2D eigenvalue weighted by Crippen LogP contribution is -2.31. The SMILES string of the molecule is C=CCCCCCCCC(=O)OC(C)(C)CCOC(C)(C)C. The van der Waals surface area contributed by atoms with E-state index in [0.29, 0.717) is 13.0 Å². The molecule has 0 aromatic carbocycles. The largest absolute Gasteiger partial charge is 0.460 e. The Bertz CT molecular complexity index is 313. The van der Waals surface area contributed by atoms with E-state index in [0.717, 1.165) is 25.7 Å². The van der Waals surface area contributed by atoms with Gasteiger partial charge in [0, 0.05) is 12.8 Å². The van der Waals surface area contributed by atoms with Crippen LogP contribution in [0.3, 0.4) is 0 Å². The van der Waals surface area contributed by atoms with E-state index in [1.807, 2.05) is 40.7 Å². The molecule has 0 fully saturated rings. The average molecular weight is 312 g/mol. The number of carbonyl (C=O) groups excluding carboxylic acids is 1. The Balaban J connectivity index is 3.73. The minimum absolute atomic E-state index is 0.0909. The van der Waals surface area contributed by atoms with Crippen LogP contribution in [0.4, 0.5) is 0 Å². The van der Waals surface area contributed by atoms with Crippen molar-refractivity contribution in [1.82, 2.24) is 0 Å². The van der Waals surface area contributed by atoms with Gasteiger partial charge < -0.3 is 9.47 Å². The van der Waals surface area contributed by atoms with Crippen molar-refractivity contribution in [1.29, 1.82) is 0 Å². The molecule has 0 saturated heterocycles. The third-order valence-electron chi connectivity index (χ3n) is 3.42. The van der Waals surface area contributed by atoms with E-state index in [9.17, 15) is 4.79 Å². The molecule has 0 atom stereocenters. The fourth-order valence-electron chi connectivity index (χ4n) is 2.10.